The topological polar surface area (TPSA) is 92.8 Å². The lowest BCUT2D eigenvalue weighted by atomic mass is 10.1. The van der Waals surface area contributed by atoms with E-state index in [-0.39, 0.29) is 24.6 Å². The number of sulfonamides is 1. The molecule has 144 valence electrons. The fraction of sp³-hybridized carbons (Fsp3) is 0.556. The van der Waals surface area contributed by atoms with Crippen molar-refractivity contribution in [2.75, 3.05) is 17.2 Å². The standard InChI is InChI=1S/C18H26N2O5S/c1-5-6-12(2)19-17(21)11-25-18(22)14-7-8-16-15(10-14)9-13(3)20(16)26(4,23)24/h7-8,10,12-13H,5-6,9,11H2,1-4H3,(H,19,21). The lowest BCUT2D eigenvalue weighted by Gasteiger charge is -2.21. The number of esters is 1. The highest BCUT2D eigenvalue weighted by atomic mass is 32.2. The number of hydrogen-bond acceptors (Lipinski definition) is 5. The summed E-state index contributed by atoms with van der Waals surface area (Å²) in [4.78, 5) is 24.0. The van der Waals surface area contributed by atoms with Crippen LogP contribution < -0.4 is 9.62 Å². The molecule has 7 nitrogen and oxygen atoms in total. The molecule has 1 aromatic carbocycles. The lowest BCUT2D eigenvalue weighted by Crippen LogP contribution is -2.35. The summed E-state index contributed by atoms with van der Waals surface area (Å²) in [5, 5.41) is 2.77. The van der Waals surface area contributed by atoms with Gasteiger partial charge in [-0.05, 0) is 50.5 Å². The maximum absolute atomic E-state index is 12.2. The quantitative estimate of drug-likeness (QED) is 0.727. The number of amides is 1. The highest BCUT2D eigenvalue weighted by molar-refractivity contribution is 7.92. The minimum atomic E-state index is -3.37. The van der Waals surface area contributed by atoms with Gasteiger partial charge in [0.15, 0.2) is 6.61 Å². The van der Waals surface area contributed by atoms with Gasteiger partial charge in [0, 0.05) is 12.1 Å². The maximum Gasteiger partial charge on any atom is 0.338 e. The Morgan fingerprint density at radius 2 is 2.08 bits per heavy atom. The monoisotopic (exact) mass is 382 g/mol. The van der Waals surface area contributed by atoms with E-state index in [0.717, 1.165) is 18.4 Å². The van der Waals surface area contributed by atoms with E-state index < -0.39 is 16.0 Å². The Kier molecular flexibility index (Phi) is 6.28. The SMILES string of the molecule is CCCC(C)NC(=O)COC(=O)c1ccc2c(c1)CC(C)N2S(C)(=O)=O. The Morgan fingerprint density at radius 1 is 1.38 bits per heavy atom. The van der Waals surface area contributed by atoms with Gasteiger partial charge in [0.25, 0.3) is 5.91 Å². The van der Waals surface area contributed by atoms with Crippen LogP contribution in [0.4, 0.5) is 5.69 Å². The second kappa shape index (κ2) is 8.07. The first kappa shape index (κ1) is 20.2. The van der Waals surface area contributed by atoms with Crippen molar-refractivity contribution in [1.29, 1.82) is 0 Å². The Morgan fingerprint density at radius 3 is 2.69 bits per heavy atom. The average Bonchev–Trinajstić information content (AvgIpc) is 2.87. The minimum Gasteiger partial charge on any atom is -0.452 e. The summed E-state index contributed by atoms with van der Waals surface area (Å²) in [5.41, 5.74) is 1.67. The van der Waals surface area contributed by atoms with Gasteiger partial charge < -0.3 is 10.1 Å². The molecular weight excluding hydrogens is 356 g/mol. The molecule has 1 amide bonds. The molecule has 0 bridgehead atoms. The Bertz CT molecular complexity index is 791. The van der Waals surface area contributed by atoms with Crippen LogP contribution in [0, 0.1) is 0 Å². The molecule has 1 aliphatic heterocycles. The van der Waals surface area contributed by atoms with Crippen molar-refractivity contribution in [2.24, 2.45) is 0 Å². The molecule has 0 saturated carbocycles. The smallest absolute Gasteiger partial charge is 0.338 e. The molecule has 2 rings (SSSR count). The fourth-order valence-electron chi connectivity index (χ4n) is 3.27. The normalized spacial score (nSPS) is 17.5. The number of benzene rings is 1. The molecule has 1 N–H and O–H groups in total. The second-order valence-corrected chi connectivity index (χ2v) is 8.65. The van der Waals surface area contributed by atoms with Crippen LogP contribution in [-0.4, -0.2) is 45.2 Å². The predicted molar refractivity (Wildman–Crippen MR) is 99.7 cm³/mol. The van der Waals surface area contributed by atoms with Crippen LogP contribution in [0.25, 0.3) is 0 Å². The van der Waals surface area contributed by atoms with Gasteiger partial charge in [-0.15, -0.1) is 0 Å². The van der Waals surface area contributed by atoms with Crippen molar-refractivity contribution in [1.82, 2.24) is 5.32 Å². The summed E-state index contributed by atoms with van der Waals surface area (Å²) in [6, 6.07) is 4.61. The number of carbonyl (C=O) groups excluding carboxylic acids is 2. The zero-order valence-electron chi connectivity index (χ0n) is 15.6. The van der Waals surface area contributed by atoms with E-state index in [4.69, 9.17) is 4.74 Å². The van der Waals surface area contributed by atoms with Crippen LogP contribution in [0.3, 0.4) is 0 Å². The number of anilines is 1. The molecule has 1 aromatic rings. The number of hydrogen-bond donors (Lipinski definition) is 1. The Balaban J connectivity index is 2.02. The third-order valence-electron chi connectivity index (χ3n) is 4.29. The van der Waals surface area contributed by atoms with Crippen LogP contribution in [-0.2, 0) is 26.0 Å². The van der Waals surface area contributed by atoms with Gasteiger partial charge >= 0.3 is 5.97 Å². The molecule has 2 atom stereocenters. The molecule has 8 heteroatoms. The van der Waals surface area contributed by atoms with Gasteiger partial charge in [-0.2, -0.15) is 0 Å². The summed E-state index contributed by atoms with van der Waals surface area (Å²) < 4.78 is 30.3. The van der Waals surface area contributed by atoms with E-state index in [9.17, 15) is 18.0 Å². The van der Waals surface area contributed by atoms with Crippen LogP contribution in [0.2, 0.25) is 0 Å². The van der Waals surface area contributed by atoms with Crippen LogP contribution in [0.5, 0.6) is 0 Å². The summed E-state index contributed by atoms with van der Waals surface area (Å²) in [5.74, 6) is -0.936. The van der Waals surface area contributed by atoms with Crippen molar-refractivity contribution < 1.29 is 22.7 Å². The van der Waals surface area contributed by atoms with Crippen LogP contribution in [0.1, 0.15) is 49.5 Å². The third-order valence-corrected chi connectivity index (χ3v) is 5.56. The maximum atomic E-state index is 12.2. The molecular formula is C18H26N2O5S. The van der Waals surface area contributed by atoms with Gasteiger partial charge in [0.1, 0.15) is 0 Å². The van der Waals surface area contributed by atoms with Crippen molar-refractivity contribution in [3.8, 4) is 0 Å². The molecule has 0 aromatic heterocycles. The average molecular weight is 382 g/mol. The van der Waals surface area contributed by atoms with E-state index in [0.29, 0.717) is 17.7 Å². The van der Waals surface area contributed by atoms with Crippen molar-refractivity contribution in [3.63, 3.8) is 0 Å². The van der Waals surface area contributed by atoms with Gasteiger partial charge in [0.2, 0.25) is 10.0 Å². The van der Waals surface area contributed by atoms with Gasteiger partial charge in [-0.3, -0.25) is 9.10 Å². The molecule has 1 aliphatic rings. The Hall–Kier alpha value is -2.09. The summed E-state index contributed by atoms with van der Waals surface area (Å²) >= 11 is 0. The molecule has 0 aliphatic carbocycles. The molecule has 0 radical (unpaired) electrons. The molecule has 0 spiro atoms. The number of rotatable bonds is 7. The second-order valence-electron chi connectivity index (χ2n) is 6.79. The van der Waals surface area contributed by atoms with E-state index in [1.54, 1.807) is 12.1 Å². The van der Waals surface area contributed by atoms with Crippen molar-refractivity contribution in [3.05, 3.63) is 29.3 Å². The predicted octanol–water partition coefficient (Wildman–Crippen LogP) is 1.86. The van der Waals surface area contributed by atoms with E-state index in [2.05, 4.69) is 5.32 Å². The van der Waals surface area contributed by atoms with E-state index in [1.807, 2.05) is 20.8 Å². The van der Waals surface area contributed by atoms with Gasteiger partial charge in [-0.1, -0.05) is 13.3 Å². The molecule has 26 heavy (non-hydrogen) atoms. The van der Waals surface area contributed by atoms with Crippen LogP contribution >= 0.6 is 0 Å². The summed E-state index contributed by atoms with van der Waals surface area (Å²) in [6.07, 6.45) is 3.51. The van der Waals surface area contributed by atoms with E-state index >= 15 is 0 Å². The number of nitrogens with zero attached hydrogens (tertiary/aromatic N) is 1. The first-order chi connectivity index (χ1) is 12.1. The molecule has 1 heterocycles. The van der Waals surface area contributed by atoms with Crippen molar-refractivity contribution in [2.45, 2.75) is 52.1 Å². The summed E-state index contributed by atoms with van der Waals surface area (Å²) in [7, 11) is -3.37. The number of ether oxygens (including phenoxy) is 1. The fourth-order valence-corrected chi connectivity index (χ4v) is 4.53. The summed E-state index contributed by atoms with van der Waals surface area (Å²) in [6.45, 7) is 5.41. The number of fused-ring (bicyclic) bond motifs is 1. The molecule has 0 fully saturated rings. The first-order valence-electron chi connectivity index (χ1n) is 8.72. The molecule has 0 saturated heterocycles. The first-order valence-corrected chi connectivity index (χ1v) is 10.6. The van der Waals surface area contributed by atoms with Gasteiger partial charge in [0.05, 0.1) is 17.5 Å². The van der Waals surface area contributed by atoms with Crippen molar-refractivity contribution >= 4 is 27.6 Å². The molecule has 2 unspecified atom stereocenters. The highest BCUT2D eigenvalue weighted by Crippen LogP contribution is 2.34. The lowest BCUT2D eigenvalue weighted by molar-refractivity contribution is -0.124. The van der Waals surface area contributed by atoms with Gasteiger partial charge in [-0.25, -0.2) is 13.2 Å². The zero-order valence-corrected chi connectivity index (χ0v) is 16.4. The third kappa shape index (κ3) is 4.75. The number of nitrogens with one attached hydrogen (secondary N) is 1. The Labute approximate surface area is 154 Å². The van der Waals surface area contributed by atoms with E-state index in [1.165, 1.54) is 16.6 Å². The number of carbonyl (C=O) groups is 2. The largest absolute Gasteiger partial charge is 0.452 e. The minimum absolute atomic E-state index is 0.0367. The zero-order chi connectivity index (χ0) is 19.5. The van der Waals surface area contributed by atoms with Crippen LogP contribution in [0.15, 0.2) is 18.2 Å². The highest BCUT2D eigenvalue weighted by Gasteiger charge is 2.32.